The highest BCUT2D eigenvalue weighted by Gasteiger charge is 2.09. The van der Waals surface area contributed by atoms with Gasteiger partial charge in [0.1, 0.15) is 11.5 Å². The van der Waals surface area contributed by atoms with E-state index in [1.807, 2.05) is 24.3 Å². The average molecular weight is 301 g/mol. The van der Waals surface area contributed by atoms with Gasteiger partial charge in [-0.1, -0.05) is 12.1 Å². The molecular weight excluding hydrogens is 282 g/mol. The van der Waals surface area contributed by atoms with Gasteiger partial charge in [0, 0.05) is 19.7 Å². The van der Waals surface area contributed by atoms with E-state index in [0.29, 0.717) is 23.0 Å². The molecule has 2 aromatic carbocycles. The Morgan fingerprint density at radius 2 is 1.59 bits per heavy atom. The molecule has 0 saturated heterocycles. The van der Waals surface area contributed by atoms with Crippen molar-refractivity contribution in [2.75, 3.05) is 20.8 Å². The Morgan fingerprint density at radius 3 is 2.09 bits per heavy atom. The third kappa shape index (κ3) is 4.31. The summed E-state index contributed by atoms with van der Waals surface area (Å²) < 4.78 is 10.8. The molecule has 0 saturated carbocycles. The predicted octanol–water partition coefficient (Wildman–Crippen LogP) is 3.13. The Labute approximate surface area is 129 Å². The number of nitrogens with zero attached hydrogens (tertiary/aromatic N) is 1. The Balaban J connectivity index is 2.00. The molecule has 0 aliphatic carbocycles. The van der Waals surface area contributed by atoms with Gasteiger partial charge in [0.15, 0.2) is 0 Å². The molecule has 0 radical (unpaired) electrons. The first-order valence-corrected chi connectivity index (χ1v) is 6.93. The summed E-state index contributed by atoms with van der Waals surface area (Å²) in [5.41, 5.74) is 1.58. The number of ether oxygens (including phenoxy) is 2. The molecule has 116 valence electrons. The van der Waals surface area contributed by atoms with Gasteiger partial charge in [0.05, 0.1) is 6.61 Å². The van der Waals surface area contributed by atoms with Crippen molar-refractivity contribution >= 4 is 5.91 Å². The van der Waals surface area contributed by atoms with Gasteiger partial charge in [0.2, 0.25) is 0 Å². The van der Waals surface area contributed by atoms with Crippen LogP contribution in [0.25, 0.3) is 0 Å². The molecule has 5 nitrogen and oxygen atoms in total. The number of benzene rings is 2. The van der Waals surface area contributed by atoms with Crippen molar-refractivity contribution < 1.29 is 19.5 Å². The van der Waals surface area contributed by atoms with Crippen LogP contribution in [0.4, 0.5) is 0 Å². The fourth-order valence-electron chi connectivity index (χ4n) is 1.93. The maximum absolute atomic E-state index is 11.6. The zero-order valence-electron chi connectivity index (χ0n) is 12.7. The van der Waals surface area contributed by atoms with E-state index in [4.69, 9.17) is 14.7 Å². The van der Waals surface area contributed by atoms with Crippen molar-refractivity contribution in [3.05, 3.63) is 59.7 Å². The number of rotatable bonds is 6. The van der Waals surface area contributed by atoms with E-state index < -0.39 is 5.91 Å². The lowest BCUT2D eigenvalue weighted by Crippen LogP contribution is -2.22. The molecule has 1 N–H and O–H groups in total. The zero-order chi connectivity index (χ0) is 15.9. The van der Waals surface area contributed by atoms with Crippen LogP contribution in [0.1, 0.15) is 15.9 Å². The summed E-state index contributed by atoms with van der Waals surface area (Å²) >= 11 is 0. The summed E-state index contributed by atoms with van der Waals surface area (Å²) in [6.45, 7) is 0.689. The van der Waals surface area contributed by atoms with E-state index in [1.54, 1.807) is 31.4 Å². The maximum Gasteiger partial charge on any atom is 0.276 e. The Bertz CT molecular complexity index is 606. The molecule has 2 rings (SSSR count). The minimum absolute atomic E-state index is 0.396. The van der Waals surface area contributed by atoms with E-state index >= 15 is 0 Å². The smallest absolute Gasteiger partial charge is 0.276 e. The van der Waals surface area contributed by atoms with Crippen LogP contribution in [0.2, 0.25) is 0 Å². The lowest BCUT2D eigenvalue weighted by atomic mass is 10.1. The number of hydrogen-bond donors (Lipinski definition) is 1. The van der Waals surface area contributed by atoms with Gasteiger partial charge < -0.3 is 9.47 Å². The largest absolute Gasteiger partial charge is 0.457 e. The maximum atomic E-state index is 11.6. The number of carbonyl (C=O) groups is 1. The van der Waals surface area contributed by atoms with Crippen molar-refractivity contribution in [2.24, 2.45) is 0 Å². The number of hydrogen-bond acceptors (Lipinski definition) is 4. The third-order valence-corrected chi connectivity index (χ3v) is 3.15. The molecule has 0 heterocycles. The molecule has 0 spiro atoms. The Morgan fingerprint density at radius 1 is 1.05 bits per heavy atom. The normalized spacial score (nSPS) is 10.3. The van der Waals surface area contributed by atoms with Crippen molar-refractivity contribution in [3.63, 3.8) is 0 Å². The van der Waals surface area contributed by atoms with Crippen LogP contribution in [-0.2, 0) is 11.2 Å². The van der Waals surface area contributed by atoms with Gasteiger partial charge in [-0.2, -0.15) is 0 Å². The van der Waals surface area contributed by atoms with Crippen LogP contribution in [-0.4, -0.2) is 36.9 Å². The molecule has 0 aromatic heterocycles. The van der Waals surface area contributed by atoms with Crippen LogP contribution in [0, 0.1) is 0 Å². The summed E-state index contributed by atoms with van der Waals surface area (Å²) in [6.07, 6.45) is 0.863. The second kappa shape index (κ2) is 7.59. The minimum atomic E-state index is -0.464. The van der Waals surface area contributed by atoms with Crippen LogP contribution < -0.4 is 4.74 Å². The van der Waals surface area contributed by atoms with Crippen molar-refractivity contribution in [2.45, 2.75) is 6.42 Å². The molecule has 0 unspecified atom stereocenters. The first-order valence-electron chi connectivity index (χ1n) is 6.93. The first-order chi connectivity index (χ1) is 10.6. The van der Waals surface area contributed by atoms with Crippen LogP contribution in [0.15, 0.2) is 48.5 Å². The SMILES string of the molecule is COCCc1ccc(Oc2ccc(C(=O)N(C)O)cc2)cc1. The number of methoxy groups -OCH3 is 1. The third-order valence-electron chi connectivity index (χ3n) is 3.15. The zero-order valence-corrected chi connectivity index (χ0v) is 12.7. The summed E-state index contributed by atoms with van der Waals surface area (Å²) in [7, 11) is 2.97. The van der Waals surface area contributed by atoms with Gasteiger partial charge in [-0.15, -0.1) is 0 Å². The van der Waals surface area contributed by atoms with Crippen LogP contribution in [0.3, 0.4) is 0 Å². The van der Waals surface area contributed by atoms with Gasteiger partial charge in [0.25, 0.3) is 5.91 Å². The monoisotopic (exact) mass is 301 g/mol. The average Bonchev–Trinajstić information content (AvgIpc) is 2.54. The molecule has 0 bridgehead atoms. The van der Waals surface area contributed by atoms with Crippen molar-refractivity contribution in [1.29, 1.82) is 0 Å². The van der Waals surface area contributed by atoms with E-state index in [1.165, 1.54) is 12.6 Å². The molecule has 0 aliphatic heterocycles. The molecule has 22 heavy (non-hydrogen) atoms. The predicted molar refractivity (Wildman–Crippen MR) is 82.4 cm³/mol. The van der Waals surface area contributed by atoms with E-state index in [2.05, 4.69) is 0 Å². The summed E-state index contributed by atoms with van der Waals surface area (Å²) in [6, 6.07) is 14.4. The molecule has 0 aliphatic rings. The second-order valence-electron chi connectivity index (χ2n) is 4.84. The fraction of sp³-hybridized carbons (Fsp3) is 0.235. The number of amides is 1. The Hall–Kier alpha value is -2.37. The lowest BCUT2D eigenvalue weighted by Gasteiger charge is -2.10. The molecular formula is C17H19NO4. The van der Waals surface area contributed by atoms with Gasteiger partial charge in [-0.3, -0.25) is 10.0 Å². The summed E-state index contributed by atoms with van der Waals surface area (Å²) in [4.78, 5) is 11.6. The minimum Gasteiger partial charge on any atom is -0.457 e. The molecule has 2 aromatic rings. The molecule has 0 fully saturated rings. The Kier molecular flexibility index (Phi) is 5.52. The summed E-state index contributed by atoms with van der Waals surface area (Å²) in [5.74, 6) is 0.885. The molecule has 5 heteroatoms. The van der Waals surface area contributed by atoms with Crippen molar-refractivity contribution in [1.82, 2.24) is 5.06 Å². The van der Waals surface area contributed by atoms with E-state index in [9.17, 15) is 4.79 Å². The number of hydroxylamine groups is 2. The standard InChI is InChI=1S/C17H19NO4/c1-18(20)17(19)14-5-9-16(10-6-14)22-15-7-3-13(4-8-15)11-12-21-2/h3-10,20H,11-12H2,1-2H3. The number of carbonyl (C=O) groups excluding carboxylic acids is 1. The highest BCUT2D eigenvalue weighted by molar-refractivity contribution is 5.93. The highest BCUT2D eigenvalue weighted by atomic mass is 16.5. The van der Waals surface area contributed by atoms with Gasteiger partial charge in [-0.05, 0) is 48.4 Å². The first kappa shape index (κ1) is 16.0. The molecule has 1 amide bonds. The quantitative estimate of drug-likeness (QED) is 0.658. The van der Waals surface area contributed by atoms with Crippen molar-refractivity contribution in [3.8, 4) is 11.5 Å². The lowest BCUT2D eigenvalue weighted by molar-refractivity contribution is -0.0374. The highest BCUT2D eigenvalue weighted by Crippen LogP contribution is 2.22. The second-order valence-corrected chi connectivity index (χ2v) is 4.84. The van der Waals surface area contributed by atoms with E-state index in [-0.39, 0.29) is 0 Å². The van der Waals surface area contributed by atoms with E-state index in [0.717, 1.165) is 12.2 Å². The topological polar surface area (TPSA) is 59.0 Å². The fourth-order valence-corrected chi connectivity index (χ4v) is 1.93. The summed E-state index contributed by atoms with van der Waals surface area (Å²) in [5, 5.41) is 9.66. The van der Waals surface area contributed by atoms with Crippen LogP contribution >= 0.6 is 0 Å². The van der Waals surface area contributed by atoms with Gasteiger partial charge in [-0.25, -0.2) is 5.06 Å². The van der Waals surface area contributed by atoms with Gasteiger partial charge >= 0.3 is 0 Å². The van der Waals surface area contributed by atoms with Crippen LogP contribution in [0.5, 0.6) is 11.5 Å². The molecule has 0 atom stereocenters.